The summed E-state index contributed by atoms with van der Waals surface area (Å²) in [7, 11) is 0. The van der Waals surface area contributed by atoms with Crippen LogP contribution in [0.15, 0.2) is 29.3 Å². The van der Waals surface area contributed by atoms with Crippen molar-refractivity contribution in [2.24, 2.45) is 4.99 Å². The highest BCUT2D eigenvalue weighted by Gasteiger charge is 2.18. The summed E-state index contributed by atoms with van der Waals surface area (Å²) in [5, 5.41) is 6.76. The monoisotopic (exact) mass is 543 g/mol. The van der Waals surface area contributed by atoms with Crippen LogP contribution in [0.5, 0.6) is 0 Å². The van der Waals surface area contributed by atoms with E-state index in [0.29, 0.717) is 18.6 Å². The van der Waals surface area contributed by atoms with Crippen LogP contribution in [0, 0.1) is 0 Å². The highest BCUT2D eigenvalue weighted by atomic mass is 127. The first-order valence-corrected chi connectivity index (χ1v) is 11.6. The van der Waals surface area contributed by atoms with E-state index in [0.717, 1.165) is 62.7 Å². The van der Waals surface area contributed by atoms with Gasteiger partial charge in [-0.05, 0) is 71.6 Å². The van der Waals surface area contributed by atoms with Crippen LogP contribution in [0.25, 0.3) is 0 Å². The second kappa shape index (κ2) is 14.7. The van der Waals surface area contributed by atoms with Gasteiger partial charge >= 0.3 is 0 Å². The molecule has 1 amide bonds. The molecule has 1 aliphatic heterocycles. The van der Waals surface area contributed by atoms with Crippen LogP contribution >= 0.6 is 24.0 Å². The maximum atomic E-state index is 12.6. The average molecular weight is 544 g/mol. The van der Waals surface area contributed by atoms with Crippen molar-refractivity contribution in [3.63, 3.8) is 0 Å². The molecule has 1 fully saturated rings. The Morgan fingerprint density at radius 2 is 1.65 bits per heavy atom. The smallest absolute Gasteiger partial charge is 0.253 e. The van der Waals surface area contributed by atoms with E-state index in [-0.39, 0.29) is 29.9 Å². The minimum atomic E-state index is 0. The van der Waals surface area contributed by atoms with Gasteiger partial charge in [0.05, 0.1) is 6.54 Å². The van der Waals surface area contributed by atoms with Gasteiger partial charge in [-0.2, -0.15) is 0 Å². The average Bonchev–Trinajstić information content (AvgIpc) is 2.74. The molecular formula is C24H42IN5O. The van der Waals surface area contributed by atoms with Crippen molar-refractivity contribution in [3.05, 3.63) is 35.4 Å². The van der Waals surface area contributed by atoms with E-state index < -0.39 is 0 Å². The van der Waals surface area contributed by atoms with Gasteiger partial charge in [0.15, 0.2) is 5.96 Å². The molecule has 7 heteroatoms. The van der Waals surface area contributed by atoms with Gasteiger partial charge in [-0.1, -0.05) is 12.1 Å². The lowest BCUT2D eigenvalue weighted by molar-refractivity contribution is 0.0724. The molecule has 0 aliphatic carbocycles. The topological polar surface area (TPSA) is 60.0 Å². The summed E-state index contributed by atoms with van der Waals surface area (Å²) < 4.78 is 0. The van der Waals surface area contributed by atoms with Crippen molar-refractivity contribution >= 4 is 35.8 Å². The quantitative estimate of drug-likeness (QED) is 0.280. The Kier molecular flexibility index (Phi) is 13.1. The Hall–Kier alpha value is -1.35. The zero-order valence-corrected chi connectivity index (χ0v) is 22.3. The number of piperidine rings is 1. The molecule has 0 aromatic heterocycles. The number of carbonyl (C=O) groups is 1. The molecule has 31 heavy (non-hydrogen) atoms. The Morgan fingerprint density at radius 3 is 2.19 bits per heavy atom. The van der Waals surface area contributed by atoms with Crippen LogP contribution in [0.4, 0.5) is 0 Å². The summed E-state index contributed by atoms with van der Waals surface area (Å²) in [6, 6.07) is 8.96. The Morgan fingerprint density at radius 1 is 1.03 bits per heavy atom. The predicted octanol–water partition coefficient (Wildman–Crippen LogP) is 4.10. The maximum absolute atomic E-state index is 12.6. The molecule has 0 atom stereocenters. The van der Waals surface area contributed by atoms with E-state index in [1.165, 1.54) is 6.42 Å². The molecule has 2 N–H and O–H groups in total. The van der Waals surface area contributed by atoms with E-state index in [4.69, 9.17) is 4.99 Å². The molecule has 0 spiro atoms. The van der Waals surface area contributed by atoms with Gasteiger partial charge in [-0.25, -0.2) is 4.99 Å². The van der Waals surface area contributed by atoms with Gasteiger partial charge in [0.2, 0.25) is 0 Å². The molecule has 176 valence electrons. The molecule has 1 aromatic rings. The molecule has 2 rings (SSSR count). The lowest BCUT2D eigenvalue weighted by Crippen LogP contribution is -2.45. The Bertz CT molecular complexity index is 661. The second-order valence-corrected chi connectivity index (χ2v) is 8.60. The standard InChI is InChI=1S/C24H41N5O.HI/c1-6-25-24(26-14-17-29(19(2)3)20(4)5)27-18-21-10-12-22(13-11-21)23(30)28-15-8-7-9-16-28;/h10-13,19-20H,6-9,14-18H2,1-5H3,(H2,25,26,27);1H. The molecule has 0 unspecified atom stereocenters. The largest absolute Gasteiger partial charge is 0.357 e. The number of amides is 1. The molecular weight excluding hydrogens is 501 g/mol. The first-order chi connectivity index (χ1) is 14.4. The zero-order chi connectivity index (χ0) is 21.9. The fourth-order valence-electron chi connectivity index (χ4n) is 3.96. The molecule has 0 saturated carbocycles. The number of benzene rings is 1. The van der Waals surface area contributed by atoms with E-state index in [1.54, 1.807) is 0 Å². The minimum absolute atomic E-state index is 0. The van der Waals surface area contributed by atoms with Crippen LogP contribution in [0.1, 0.15) is 69.8 Å². The highest BCUT2D eigenvalue weighted by Crippen LogP contribution is 2.14. The number of nitrogens with one attached hydrogen (secondary N) is 2. The van der Waals surface area contributed by atoms with E-state index in [1.807, 2.05) is 29.2 Å². The minimum Gasteiger partial charge on any atom is -0.357 e. The van der Waals surface area contributed by atoms with Gasteiger partial charge in [0.25, 0.3) is 5.91 Å². The lowest BCUT2D eigenvalue weighted by Gasteiger charge is -2.30. The van der Waals surface area contributed by atoms with Crippen LogP contribution in [-0.4, -0.2) is 66.5 Å². The fraction of sp³-hybridized carbons (Fsp3) is 0.667. The predicted molar refractivity (Wildman–Crippen MR) is 141 cm³/mol. The molecule has 6 nitrogen and oxygen atoms in total. The van der Waals surface area contributed by atoms with Crippen molar-refractivity contribution in [1.29, 1.82) is 0 Å². The molecule has 0 bridgehead atoms. The number of rotatable bonds is 9. The molecule has 1 aromatic carbocycles. The van der Waals surface area contributed by atoms with Gasteiger partial charge in [-0.15, -0.1) is 24.0 Å². The number of hydrogen-bond donors (Lipinski definition) is 2. The third kappa shape index (κ3) is 9.35. The van der Waals surface area contributed by atoms with Gasteiger partial charge in [0.1, 0.15) is 0 Å². The summed E-state index contributed by atoms with van der Waals surface area (Å²) in [6.45, 7) is 16.0. The van der Waals surface area contributed by atoms with Gasteiger partial charge < -0.3 is 15.5 Å². The van der Waals surface area contributed by atoms with E-state index in [2.05, 4.69) is 50.2 Å². The molecule has 0 radical (unpaired) electrons. The number of halogens is 1. The SMILES string of the molecule is CCNC(=NCc1ccc(C(=O)N2CCCCC2)cc1)NCCN(C(C)C)C(C)C.I. The van der Waals surface area contributed by atoms with Crippen molar-refractivity contribution in [3.8, 4) is 0 Å². The molecule has 1 aliphatic rings. The van der Waals surface area contributed by atoms with Crippen molar-refractivity contribution in [2.45, 2.75) is 72.5 Å². The first kappa shape index (κ1) is 27.7. The van der Waals surface area contributed by atoms with Crippen LogP contribution < -0.4 is 10.6 Å². The second-order valence-electron chi connectivity index (χ2n) is 8.60. The molecule has 1 heterocycles. The lowest BCUT2D eigenvalue weighted by atomic mass is 10.1. The maximum Gasteiger partial charge on any atom is 0.253 e. The summed E-state index contributed by atoms with van der Waals surface area (Å²) in [4.78, 5) is 21.8. The van der Waals surface area contributed by atoms with Crippen molar-refractivity contribution < 1.29 is 4.79 Å². The number of hydrogen-bond acceptors (Lipinski definition) is 3. The van der Waals surface area contributed by atoms with Gasteiger partial charge in [-0.3, -0.25) is 9.69 Å². The van der Waals surface area contributed by atoms with Gasteiger partial charge in [0, 0.05) is 50.4 Å². The van der Waals surface area contributed by atoms with Crippen LogP contribution in [0.2, 0.25) is 0 Å². The van der Waals surface area contributed by atoms with E-state index >= 15 is 0 Å². The van der Waals surface area contributed by atoms with E-state index in [9.17, 15) is 4.79 Å². The number of carbonyl (C=O) groups excluding carboxylic acids is 1. The highest BCUT2D eigenvalue weighted by molar-refractivity contribution is 14.0. The number of guanidine groups is 1. The normalized spacial score (nSPS) is 14.7. The third-order valence-corrected chi connectivity index (χ3v) is 5.60. The van der Waals surface area contributed by atoms with Crippen molar-refractivity contribution in [1.82, 2.24) is 20.4 Å². The Labute approximate surface area is 206 Å². The van der Waals surface area contributed by atoms with Crippen molar-refractivity contribution in [2.75, 3.05) is 32.7 Å². The Balaban J connectivity index is 0.00000480. The zero-order valence-electron chi connectivity index (χ0n) is 20.0. The summed E-state index contributed by atoms with van der Waals surface area (Å²) >= 11 is 0. The number of nitrogens with zero attached hydrogens (tertiary/aromatic N) is 3. The third-order valence-electron chi connectivity index (χ3n) is 5.60. The summed E-state index contributed by atoms with van der Waals surface area (Å²) in [5.41, 5.74) is 1.88. The van der Waals surface area contributed by atoms with Crippen LogP contribution in [-0.2, 0) is 6.54 Å². The summed E-state index contributed by atoms with van der Waals surface area (Å²) in [5.74, 6) is 0.984. The first-order valence-electron chi connectivity index (χ1n) is 11.6. The fourth-order valence-corrected chi connectivity index (χ4v) is 3.96. The number of aliphatic imine (C=N–C) groups is 1. The van der Waals surface area contributed by atoms with Crippen LogP contribution in [0.3, 0.4) is 0 Å². The molecule has 1 saturated heterocycles. The number of likely N-dealkylation sites (tertiary alicyclic amines) is 1. The summed E-state index contributed by atoms with van der Waals surface area (Å²) in [6.07, 6.45) is 3.46.